The molecular weight excluding hydrogens is 385 g/mol. The van der Waals surface area contributed by atoms with Gasteiger partial charge in [0.05, 0.1) is 19.1 Å². The highest BCUT2D eigenvalue weighted by Gasteiger charge is 2.35. The van der Waals surface area contributed by atoms with E-state index >= 15 is 0 Å². The van der Waals surface area contributed by atoms with Crippen molar-refractivity contribution >= 4 is 34.9 Å². The second-order valence-electron chi connectivity index (χ2n) is 7.26. The lowest BCUT2D eigenvalue weighted by molar-refractivity contribution is -0.255. The van der Waals surface area contributed by atoms with Crippen LogP contribution in [0.3, 0.4) is 0 Å². The molecule has 28 heavy (non-hydrogen) atoms. The Balaban J connectivity index is 1.49. The van der Waals surface area contributed by atoms with E-state index < -0.39 is 12.5 Å². The number of hydrogen-bond donors (Lipinski definition) is 3. The Morgan fingerprint density at radius 2 is 2.11 bits per heavy atom. The van der Waals surface area contributed by atoms with Gasteiger partial charge in [0, 0.05) is 10.9 Å². The molecule has 1 aromatic heterocycles. The number of ether oxygens (including phenoxy) is 1. The number of nitrogens with two attached hydrogens (primary N) is 1. The Hall–Kier alpha value is -2.63. The van der Waals surface area contributed by atoms with Gasteiger partial charge in [0.15, 0.2) is 5.13 Å². The van der Waals surface area contributed by atoms with Crippen LogP contribution in [-0.2, 0) is 12.7 Å². The molecule has 2 aliphatic heterocycles. The van der Waals surface area contributed by atoms with E-state index in [4.69, 9.17) is 10.5 Å². The smallest absolute Gasteiger partial charge is 0.273 e. The van der Waals surface area contributed by atoms with Gasteiger partial charge in [-0.3, -0.25) is 4.79 Å². The lowest BCUT2D eigenvalue weighted by Gasteiger charge is -2.40. The number of carboxylic acids is 1. The summed E-state index contributed by atoms with van der Waals surface area (Å²) in [6.45, 7) is -2.06. The van der Waals surface area contributed by atoms with Crippen LogP contribution in [0.25, 0.3) is 0 Å². The number of likely N-dealkylation sites (tertiary alicyclic amines) is 1. The van der Waals surface area contributed by atoms with Gasteiger partial charge in [0.1, 0.15) is 17.5 Å². The van der Waals surface area contributed by atoms with Crippen LogP contribution < -0.4 is 15.6 Å². The average Bonchev–Trinajstić information content (AvgIpc) is 3.02. The lowest BCUT2D eigenvalue weighted by atomic mass is 9.47. The van der Waals surface area contributed by atoms with E-state index in [1.54, 1.807) is 17.5 Å². The third-order valence-corrected chi connectivity index (χ3v) is 5.83. The maximum Gasteiger partial charge on any atom is 0.273 e. The number of carbonyl (C=O) groups excluding carboxylic acids is 2. The Morgan fingerprint density at radius 3 is 2.75 bits per heavy atom. The minimum atomic E-state index is -2.63. The summed E-state index contributed by atoms with van der Waals surface area (Å²) in [5, 5.41) is 33.6. The Labute approximate surface area is 164 Å². The van der Waals surface area contributed by atoms with Crippen molar-refractivity contribution in [3.8, 4) is 5.75 Å². The van der Waals surface area contributed by atoms with Gasteiger partial charge >= 0.3 is 0 Å². The van der Waals surface area contributed by atoms with Crippen molar-refractivity contribution in [3.05, 3.63) is 39.9 Å². The van der Waals surface area contributed by atoms with Gasteiger partial charge in [-0.25, -0.2) is 4.98 Å². The summed E-state index contributed by atoms with van der Waals surface area (Å²) >= 11 is 1.18. The molecule has 0 bridgehead atoms. The SMILES string of the molecule is Nc1nc(C(=O)N2CC(Oc3ccc4c(c3C(=O)[O-])C[B-](O)(O)CC4)C2)cs1. The quantitative estimate of drug-likeness (QED) is 0.554. The molecule has 9 nitrogen and oxygen atoms in total. The number of carboxylic acid groups (broad SMARTS) is 1. The summed E-state index contributed by atoms with van der Waals surface area (Å²) in [5.74, 6) is -1.57. The number of anilines is 1. The number of fused-ring (bicyclic) bond motifs is 1. The molecule has 3 heterocycles. The van der Waals surface area contributed by atoms with Crippen molar-refractivity contribution in [1.82, 2.24) is 9.88 Å². The van der Waals surface area contributed by atoms with Crippen LogP contribution in [0.1, 0.15) is 32.0 Å². The number of nitrogens with zero attached hydrogens (tertiary/aromatic N) is 2. The number of carbonyl (C=O) groups is 2. The van der Waals surface area contributed by atoms with Gasteiger partial charge in [-0.2, -0.15) is 0 Å². The van der Waals surface area contributed by atoms with E-state index in [9.17, 15) is 24.7 Å². The number of aromatic carboxylic acids is 1. The first kappa shape index (κ1) is 18.7. The standard InChI is InChI=1S/C17H19BN3O6S/c19-17-20-12(8-28-17)15(22)21-6-10(7-21)27-13-2-1-9-3-4-18(25,26)5-11(9)14(13)16(23)24/h1-2,8,10,25-26H,3-7H2,(H2,19,20)(H,23,24)/q-1/p-1. The lowest BCUT2D eigenvalue weighted by Crippen LogP contribution is -2.56. The van der Waals surface area contributed by atoms with E-state index in [-0.39, 0.29) is 54.7 Å². The van der Waals surface area contributed by atoms with Gasteiger partial charge in [0.2, 0.25) is 6.55 Å². The zero-order valence-corrected chi connectivity index (χ0v) is 15.6. The largest absolute Gasteiger partial charge is 0.583 e. The molecule has 0 saturated carbocycles. The maximum atomic E-state index is 12.3. The Morgan fingerprint density at radius 1 is 1.36 bits per heavy atom. The molecule has 1 amide bonds. The predicted octanol–water partition coefficient (Wildman–Crippen LogP) is -0.943. The Kier molecular flexibility index (Phi) is 4.52. The van der Waals surface area contributed by atoms with Crippen LogP contribution >= 0.6 is 11.3 Å². The average molecular weight is 403 g/mol. The third kappa shape index (κ3) is 3.43. The van der Waals surface area contributed by atoms with Crippen LogP contribution in [-0.4, -0.2) is 57.6 Å². The van der Waals surface area contributed by atoms with Gasteiger partial charge in [-0.1, -0.05) is 18.1 Å². The van der Waals surface area contributed by atoms with Gasteiger partial charge < -0.3 is 35.3 Å². The third-order valence-electron chi connectivity index (χ3n) is 5.15. The van der Waals surface area contributed by atoms with Crippen molar-refractivity contribution in [2.45, 2.75) is 25.2 Å². The van der Waals surface area contributed by atoms with E-state index in [0.29, 0.717) is 17.1 Å². The molecule has 1 saturated heterocycles. The number of rotatable bonds is 4. The topological polar surface area (TPSA) is 149 Å². The van der Waals surface area contributed by atoms with Crippen LogP contribution in [0.15, 0.2) is 17.5 Å². The fraction of sp³-hybridized carbons (Fsp3) is 0.353. The molecule has 0 spiro atoms. The normalized spacial score (nSPS) is 18.3. The monoisotopic (exact) mass is 403 g/mol. The molecule has 1 aromatic carbocycles. The van der Waals surface area contributed by atoms with Gasteiger partial charge in [-0.05, 0) is 11.6 Å². The van der Waals surface area contributed by atoms with Crippen molar-refractivity contribution in [2.75, 3.05) is 18.8 Å². The molecule has 0 atom stereocenters. The van der Waals surface area contributed by atoms with Crippen LogP contribution in [0.5, 0.6) is 5.75 Å². The number of benzene rings is 1. The number of amides is 1. The summed E-state index contributed by atoms with van der Waals surface area (Å²) in [6, 6.07) is 3.30. The van der Waals surface area contributed by atoms with Crippen molar-refractivity contribution in [1.29, 1.82) is 0 Å². The molecule has 0 unspecified atom stereocenters. The second-order valence-corrected chi connectivity index (χ2v) is 8.15. The summed E-state index contributed by atoms with van der Waals surface area (Å²) in [5.41, 5.74) is 6.76. The van der Waals surface area contributed by atoms with E-state index in [2.05, 4.69) is 4.98 Å². The fourth-order valence-corrected chi connectivity index (χ4v) is 4.22. The first-order chi connectivity index (χ1) is 13.2. The number of aryl methyl sites for hydroxylation is 1. The maximum absolute atomic E-state index is 12.3. The molecule has 2 aliphatic rings. The first-order valence-corrected chi connectivity index (χ1v) is 9.77. The summed E-state index contributed by atoms with van der Waals surface area (Å²) < 4.78 is 5.78. The molecule has 11 heteroatoms. The highest BCUT2D eigenvalue weighted by Crippen LogP contribution is 2.34. The number of aromatic nitrogens is 1. The van der Waals surface area contributed by atoms with Crippen LogP contribution in [0.2, 0.25) is 6.32 Å². The molecule has 1 fully saturated rings. The second kappa shape index (κ2) is 6.76. The predicted molar refractivity (Wildman–Crippen MR) is 100 cm³/mol. The number of hydrogen-bond acceptors (Lipinski definition) is 9. The van der Waals surface area contributed by atoms with E-state index in [0.717, 1.165) is 5.56 Å². The van der Waals surface area contributed by atoms with Crippen molar-refractivity contribution in [2.24, 2.45) is 0 Å². The minimum absolute atomic E-state index is 0.113. The Bertz CT molecular complexity index is 956. The summed E-state index contributed by atoms with van der Waals surface area (Å²) in [7, 11) is 0. The van der Waals surface area contributed by atoms with Crippen molar-refractivity contribution < 1.29 is 29.5 Å². The number of nitrogen functional groups attached to an aromatic ring is 1. The van der Waals surface area contributed by atoms with Gasteiger partial charge in [0.25, 0.3) is 5.91 Å². The fourth-order valence-electron chi connectivity index (χ4n) is 3.68. The molecule has 0 radical (unpaired) electrons. The summed E-state index contributed by atoms with van der Waals surface area (Å²) in [6.07, 6.45) is 0.0561. The summed E-state index contributed by atoms with van der Waals surface area (Å²) in [4.78, 5) is 29.5. The van der Waals surface area contributed by atoms with E-state index in [1.165, 1.54) is 16.2 Å². The minimum Gasteiger partial charge on any atom is -0.583 e. The first-order valence-electron chi connectivity index (χ1n) is 8.89. The highest BCUT2D eigenvalue weighted by atomic mass is 32.1. The van der Waals surface area contributed by atoms with Crippen LogP contribution in [0.4, 0.5) is 5.13 Å². The molecule has 2 aromatic rings. The van der Waals surface area contributed by atoms with Gasteiger partial charge in [-0.15, -0.1) is 24.0 Å². The molecule has 0 aliphatic carbocycles. The zero-order valence-electron chi connectivity index (χ0n) is 14.8. The zero-order chi connectivity index (χ0) is 20.1. The van der Waals surface area contributed by atoms with Crippen LogP contribution in [0, 0.1) is 0 Å². The molecule has 4 N–H and O–H groups in total. The number of thiazole rings is 1. The van der Waals surface area contributed by atoms with E-state index in [1.807, 2.05) is 0 Å². The molecule has 148 valence electrons. The molecular formula is C17H18BN3O6S-2. The highest BCUT2D eigenvalue weighted by molar-refractivity contribution is 7.13. The van der Waals surface area contributed by atoms with Crippen molar-refractivity contribution in [3.63, 3.8) is 0 Å². The molecule has 4 rings (SSSR count).